The van der Waals surface area contributed by atoms with Crippen LogP contribution < -0.4 is 16.8 Å². The Bertz CT molecular complexity index is 501. The maximum Gasteiger partial charge on any atom is 0.252 e. The summed E-state index contributed by atoms with van der Waals surface area (Å²) in [6.45, 7) is 5.34. The summed E-state index contributed by atoms with van der Waals surface area (Å²) >= 11 is 0. The first-order chi connectivity index (χ1) is 9.52. The summed E-state index contributed by atoms with van der Waals surface area (Å²) in [7, 11) is 0. The standard InChI is InChI=1S/C15H24N4O/c1-9-6-10(2)19-15(13(9)14(17)20)18-8-12-5-3-4-11(12)7-16/h6,11-12H,3-5,7-8,16H2,1-2H3,(H2,17,20)(H,18,19). The van der Waals surface area contributed by atoms with E-state index in [1.54, 1.807) is 0 Å². The van der Waals surface area contributed by atoms with E-state index < -0.39 is 5.91 Å². The lowest BCUT2D eigenvalue weighted by Crippen LogP contribution is -2.26. The Labute approximate surface area is 120 Å². The van der Waals surface area contributed by atoms with E-state index in [4.69, 9.17) is 11.5 Å². The van der Waals surface area contributed by atoms with Crippen molar-refractivity contribution in [1.29, 1.82) is 0 Å². The second-order valence-electron chi connectivity index (χ2n) is 5.74. The van der Waals surface area contributed by atoms with E-state index in [2.05, 4.69) is 10.3 Å². The second kappa shape index (κ2) is 6.22. The van der Waals surface area contributed by atoms with Gasteiger partial charge in [0.25, 0.3) is 5.91 Å². The van der Waals surface area contributed by atoms with E-state index in [0.29, 0.717) is 23.2 Å². The van der Waals surface area contributed by atoms with Crippen LogP contribution in [-0.2, 0) is 0 Å². The second-order valence-corrected chi connectivity index (χ2v) is 5.74. The lowest BCUT2D eigenvalue weighted by Gasteiger charge is -2.20. The van der Waals surface area contributed by atoms with Crippen LogP contribution in [0.2, 0.25) is 0 Å². The number of primary amides is 1. The number of amides is 1. The van der Waals surface area contributed by atoms with Crippen molar-refractivity contribution < 1.29 is 4.79 Å². The molecule has 0 aliphatic heterocycles. The number of anilines is 1. The van der Waals surface area contributed by atoms with E-state index in [9.17, 15) is 4.79 Å². The zero-order valence-corrected chi connectivity index (χ0v) is 12.3. The van der Waals surface area contributed by atoms with Crippen LogP contribution in [0, 0.1) is 25.7 Å². The number of pyridine rings is 1. The Morgan fingerprint density at radius 3 is 2.75 bits per heavy atom. The van der Waals surface area contributed by atoms with Gasteiger partial charge in [-0.3, -0.25) is 4.79 Å². The van der Waals surface area contributed by atoms with Crippen LogP contribution in [0.15, 0.2) is 6.07 Å². The van der Waals surface area contributed by atoms with Gasteiger partial charge in [-0.15, -0.1) is 0 Å². The lowest BCUT2D eigenvalue weighted by atomic mass is 9.96. The number of carbonyl (C=O) groups is 1. The molecule has 0 radical (unpaired) electrons. The number of aromatic nitrogens is 1. The molecule has 5 heteroatoms. The van der Waals surface area contributed by atoms with Crippen LogP contribution in [0.25, 0.3) is 0 Å². The Morgan fingerprint density at radius 2 is 2.10 bits per heavy atom. The van der Waals surface area contributed by atoms with Gasteiger partial charge in [0.05, 0.1) is 5.56 Å². The molecule has 1 aliphatic carbocycles. The van der Waals surface area contributed by atoms with E-state index in [1.807, 2.05) is 19.9 Å². The zero-order valence-electron chi connectivity index (χ0n) is 12.3. The molecule has 0 aromatic carbocycles. The van der Waals surface area contributed by atoms with Crippen molar-refractivity contribution in [3.63, 3.8) is 0 Å². The van der Waals surface area contributed by atoms with E-state index in [1.165, 1.54) is 19.3 Å². The Hall–Kier alpha value is -1.62. The Kier molecular flexibility index (Phi) is 4.60. The lowest BCUT2D eigenvalue weighted by molar-refractivity contribution is 0.1000. The summed E-state index contributed by atoms with van der Waals surface area (Å²) in [5.41, 5.74) is 13.5. The maximum atomic E-state index is 11.6. The summed E-state index contributed by atoms with van der Waals surface area (Å²) < 4.78 is 0. The Balaban J connectivity index is 2.14. The smallest absolute Gasteiger partial charge is 0.252 e. The van der Waals surface area contributed by atoms with Gasteiger partial charge < -0.3 is 16.8 Å². The first-order valence-corrected chi connectivity index (χ1v) is 7.25. The molecule has 0 saturated heterocycles. The highest BCUT2D eigenvalue weighted by Crippen LogP contribution is 2.31. The summed E-state index contributed by atoms with van der Waals surface area (Å²) in [5.74, 6) is 1.31. The highest BCUT2D eigenvalue weighted by molar-refractivity contribution is 5.99. The van der Waals surface area contributed by atoms with Gasteiger partial charge in [0.2, 0.25) is 0 Å². The number of nitrogens with one attached hydrogen (secondary N) is 1. The highest BCUT2D eigenvalue weighted by atomic mass is 16.1. The molecule has 1 amide bonds. The van der Waals surface area contributed by atoms with Crippen LogP contribution in [0.1, 0.15) is 40.9 Å². The summed E-state index contributed by atoms with van der Waals surface area (Å²) in [6, 6.07) is 1.88. The Morgan fingerprint density at radius 1 is 1.40 bits per heavy atom. The van der Waals surface area contributed by atoms with Gasteiger partial charge in [0, 0.05) is 12.2 Å². The van der Waals surface area contributed by atoms with Crippen LogP contribution in [-0.4, -0.2) is 24.0 Å². The van der Waals surface area contributed by atoms with Gasteiger partial charge in [0.15, 0.2) is 0 Å². The van der Waals surface area contributed by atoms with Gasteiger partial charge in [-0.1, -0.05) is 6.42 Å². The summed E-state index contributed by atoms with van der Waals surface area (Å²) in [5, 5.41) is 3.32. The molecule has 1 saturated carbocycles. The van der Waals surface area contributed by atoms with Crippen molar-refractivity contribution in [1.82, 2.24) is 4.98 Å². The molecule has 5 nitrogen and oxygen atoms in total. The van der Waals surface area contributed by atoms with Crippen LogP contribution in [0.5, 0.6) is 0 Å². The minimum atomic E-state index is -0.431. The third kappa shape index (κ3) is 3.10. The topological polar surface area (TPSA) is 94.0 Å². The van der Waals surface area contributed by atoms with Gasteiger partial charge in [-0.2, -0.15) is 0 Å². The molecule has 5 N–H and O–H groups in total. The SMILES string of the molecule is Cc1cc(C)c(C(N)=O)c(NCC2CCCC2CN)n1. The van der Waals surface area contributed by atoms with E-state index in [-0.39, 0.29) is 0 Å². The molecule has 1 aliphatic rings. The number of rotatable bonds is 5. The van der Waals surface area contributed by atoms with Gasteiger partial charge in [-0.05, 0) is 56.7 Å². The molecule has 2 unspecified atom stereocenters. The molecule has 1 aromatic rings. The number of hydrogen-bond donors (Lipinski definition) is 3. The van der Waals surface area contributed by atoms with Crippen LogP contribution >= 0.6 is 0 Å². The largest absolute Gasteiger partial charge is 0.369 e. The third-order valence-electron chi connectivity index (χ3n) is 4.24. The quantitative estimate of drug-likeness (QED) is 0.761. The van der Waals surface area contributed by atoms with Crippen molar-refractivity contribution >= 4 is 11.7 Å². The molecule has 2 atom stereocenters. The van der Waals surface area contributed by atoms with Crippen LogP contribution in [0.4, 0.5) is 5.82 Å². The maximum absolute atomic E-state index is 11.6. The molecule has 0 spiro atoms. The number of aryl methyl sites for hydroxylation is 2. The third-order valence-corrected chi connectivity index (χ3v) is 4.24. The first kappa shape index (κ1) is 14.8. The van der Waals surface area contributed by atoms with Crippen molar-refractivity contribution in [2.75, 3.05) is 18.4 Å². The normalized spacial score (nSPS) is 21.9. The predicted molar refractivity (Wildman–Crippen MR) is 80.6 cm³/mol. The van der Waals surface area contributed by atoms with Gasteiger partial charge in [-0.25, -0.2) is 4.98 Å². The van der Waals surface area contributed by atoms with Crippen molar-refractivity contribution in [2.24, 2.45) is 23.3 Å². The van der Waals surface area contributed by atoms with Crippen molar-refractivity contribution in [3.8, 4) is 0 Å². The van der Waals surface area contributed by atoms with Crippen LogP contribution in [0.3, 0.4) is 0 Å². The van der Waals surface area contributed by atoms with Gasteiger partial charge >= 0.3 is 0 Å². The monoisotopic (exact) mass is 276 g/mol. The first-order valence-electron chi connectivity index (χ1n) is 7.25. The highest BCUT2D eigenvalue weighted by Gasteiger charge is 2.26. The molecule has 20 heavy (non-hydrogen) atoms. The fraction of sp³-hybridized carbons (Fsp3) is 0.600. The summed E-state index contributed by atoms with van der Waals surface area (Å²) in [6.07, 6.45) is 3.62. The molecule has 1 aromatic heterocycles. The fourth-order valence-corrected chi connectivity index (χ4v) is 3.20. The molecule has 1 heterocycles. The zero-order chi connectivity index (χ0) is 14.7. The van der Waals surface area contributed by atoms with Gasteiger partial charge in [0.1, 0.15) is 5.82 Å². The van der Waals surface area contributed by atoms with E-state index >= 15 is 0 Å². The predicted octanol–water partition coefficient (Wildman–Crippen LogP) is 1.58. The molecule has 1 fully saturated rings. The average molecular weight is 276 g/mol. The van der Waals surface area contributed by atoms with Crippen molar-refractivity contribution in [2.45, 2.75) is 33.1 Å². The summed E-state index contributed by atoms with van der Waals surface area (Å²) in [4.78, 5) is 16.0. The number of hydrogen-bond acceptors (Lipinski definition) is 4. The minimum Gasteiger partial charge on any atom is -0.369 e. The molecule has 2 rings (SSSR count). The average Bonchev–Trinajstić information content (AvgIpc) is 2.82. The molecular formula is C15H24N4O. The fourth-order valence-electron chi connectivity index (χ4n) is 3.20. The molecule has 0 bridgehead atoms. The van der Waals surface area contributed by atoms with Crippen molar-refractivity contribution in [3.05, 3.63) is 22.9 Å². The molecular weight excluding hydrogens is 252 g/mol. The molecule has 110 valence electrons. The van der Waals surface area contributed by atoms with E-state index in [0.717, 1.165) is 24.3 Å². The number of nitrogens with zero attached hydrogens (tertiary/aromatic N) is 1. The number of carbonyl (C=O) groups excluding carboxylic acids is 1. The number of nitrogens with two attached hydrogens (primary N) is 2. The minimum absolute atomic E-state index is 0.431.